The summed E-state index contributed by atoms with van der Waals surface area (Å²) in [7, 11) is 0. The summed E-state index contributed by atoms with van der Waals surface area (Å²) in [5, 5.41) is 12.5. The maximum absolute atomic E-state index is 12.7. The second kappa shape index (κ2) is 6.20. The van der Waals surface area contributed by atoms with E-state index >= 15 is 0 Å². The molecule has 0 spiro atoms. The number of rotatable bonds is 5. The summed E-state index contributed by atoms with van der Waals surface area (Å²) in [6.07, 6.45) is 1.82. The maximum Gasteiger partial charge on any atom is 0.186 e. The molecule has 126 valence electrons. The first-order valence-corrected chi connectivity index (χ1v) is 8.08. The van der Waals surface area contributed by atoms with Crippen molar-refractivity contribution in [3.63, 3.8) is 0 Å². The van der Waals surface area contributed by atoms with E-state index in [4.69, 9.17) is 0 Å². The molecule has 0 aliphatic heterocycles. The molecule has 0 radical (unpaired) electrons. The monoisotopic (exact) mass is 325 g/mol. The van der Waals surface area contributed by atoms with Crippen LogP contribution in [0.4, 0.5) is 0 Å². The molecule has 3 aromatic rings. The Morgan fingerprint density at radius 2 is 2.04 bits per heavy atom. The molecule has 0 atom stereocenters. The van der Waals surface area contributed by atoms with Gasteiger partial charge in [0.05, 0.1) is 11.9 Å². The molecule has 0 saturated heterocycles. The number of carbonyl (C=O) groups excluding carboxylic acids is 1. The SMILES string of the molecule is Cc1[nH]c2ccccc2c1C(=O)Cn1cc(CNC(C)(C)C)nn1. The predicted molar refractivity (Wildman–Crippen MR) is 94.0 cm³/mol. The van der Waals surface area contributed by atoms with Crippen molar-refractivity contribution in [2.75, 3.05) is 0 Å². The second-order valence-corrected chi connectivity index (χ2v) is 7.10. The number of ketones is 1. The summed E-state index contributed by atoms with van der Waals surface area (Å²) in [5.41, 5.74) is 3.44. The molecule has 3 rings (SSSR count). The second-order valence-electron chi connectivity index (χ2n) is 7.10. The normalized spacial score (nSPS) is 12.0. The minimum Gasteiger partial charge on any atom is -0.358 e. The van der Waals surface area contributed by atoms with E-state index in [2.05, 4.69) is 41.4 Å². The fourth-order valence-corrected chi connectivity index (χ4v) is 2.71. The highest BCUT2D eigenvalue weighted by Gasteiger charge is 2.17. The third kappa shape index (κ3) is 3.54. The highest BCUT2D eigenvalue weighted by atomic mass is 16.1. The highest BCUT2D eigenvalue weighted by Crippen LogP contribution is 2.22. The summed E-state index contributed by atoms with van der Waals surface area (Å²) < 4.78 is 1.60. The molecule has 24 heavy (non-hydrogen) atoms. The molecule has 6 heteroatoms. The number of fused-ring (bicyclic) bond motifs is 1. The average molecular weight is 325 g/mol. The molecule has 6 nitrogen and oxygen atoms in total. The molecule has 2 aromatic heterocycles. The van der Waals surface area contributed by atoms with Crippen molar-refractivity contribution in [2.45, 2.75) is 46.3 Å². The van der Waals surface area contributed by atoms with Crippen molar-refractivity contribution in [1.82, 2.24) is 25.3 Å². The molecule has 0 fully saturated rings. The van der Waals surface area contributed by atoms with Crippen LogP contribution in [0.25, 0.3) is 10.9 Å². The fourth-order valence-electron chi connectivity index (χ4n) is 2.71. The first-order valence-electron chi connectivity index (χ1n) is 8.08. The van der Waals surface area contributed by atoms with Crippen LogP contribution in [0.2, 0.25) is 0 Å². The van der Waals surface area contributed by atoms with Gasteiger partial charge in [-0.25, -0.2) is 4.68 Å². The Morgan fingerprint density at radius 3 is 2.79 bits per heavy atom. The third-order valence-corrected chi connectivity index (χ3v) is 3.86. The zero-order valence-electron chi connectivity index (χ0n) is 14.6. The largest absolute Gasteiger partial charge is 0.358 e. The quantitative estimate of drug-likeness (QED) is 0.707. The number of benzene rings is 1. The van der Waals surface area contributed by atoms with Gasteiger partial charge < -0.3 is 10.3 Å². The van der Waals surface area contributed by atoms with Crippen LogP contribution in [0.5, 0.6) is 0 Å². The van der Waals surface area contributed by atoms with E-state index in [9.17, 15) is 4.79 Å². The summed E-state index contributed by atoms with van der Waals surface area (Å²) in [5.74, 6) is 0.0326. The van der Waals surface area contributed by atoms with Gasteiger partial charge in [-0.15, -0.1) is 5.10 Å². The van der Waals surface area contributed by atoms with Crippen LogP contribution in [-0.2, 0) is 13.1 Å². The third-order valence-electron chi connectivity index (χ3n) is 3.86. The van der Waals surface area contributed by atoms with Gasteiger partial charge in [0, 0.05) is 34.2 Å². The molecule has 0 bridgehead atoms. The zero-order chi connectivity index (χ0) is 17.3. The van der Waals surface area contributed by atoms with Gasteiger partial charge in [-0.2, -0.15) is 0 Å². The number of nitrogens with zero attached hydrogens (tertiary/aromatic N) is 3. The van der Waals surface area contributed by atoms with Gasteiger partial charge in [-0.1, -0.05) is 23.4 Å². The minimum atomic E-state index is 0.0146. The number of nitrogens with one attached hydrogen (secondary N) is 2. The van der Waals surface area contributed by atoms with Gasteiger partial charge in [-0.3, -0.25) is 4.79 Å². The summed E-state index contributed by atoms with van der Waals surface area (Å²) >= 11 is 0. The van der Waals surface area contributed by atoms with Crippen molar-refractivity contribution >= 4 is 16.7 Å². The highest BCUT2D eigenvalue weighted by molar-refractivity contribution is 6.09. The van der Waals surface area contributed by atoms with E-state index in [-0.39, 0.29) is 17.9 Å². The smallest absolute Gasteiger partial charge is 0.186 e. The Kier molecular flexibility index (Phi) is 4.24. The number of hydrogen-bond acceptors (Lipinski definition) is 4. The first-order chi connectivity index (χ1) is 11.3. The minimum absolute atomic E-state index is 0.0146. The van der Waals surface area contributed by atoms with Gasteiger partial charge in [0.2, 0.25) is 0 Å². The van der Waals surface area contributed by atoms with Gasteiger partial charge >= 0.3 is 0 Å². The standard InChI is InChI=1S/C18H23N5O/c1-12-17(14-7-5-6-8-15(14)20-12)16(24)11-23-10-13(21-22-23)9-19-18(2,3)4/h5-8,10,19-20H,9,11H2,1-4H3. The van der Waals surface area contributed by atoms with Crippen LogP contribution >= 0.6 is 0 Å². The Labute approximate surface area is 141 Å². The summed E-state index contributed by atoms with van der Waals surface area (Å²) in [6, 6.07) is 7.84. The maximum atomic E-state index is 12.7. The summed E-state index contributed by atoms with van der Waals surface area (Å²) in [6.45, 7) is 9.03. The lowest BCUT2D eigenvalue weighted by Gasteiger charge is -2.19. The molecule has 0 unspecified atom stereocenters. The van der Waals surface area contributed by atoms with Crippen molar-refractivity contribution in [3.05, 3.63) is 47.4 Å². The number of aryl methyl sites for hydroxylation is 1. The topological polar surface area (TPSA) is 75.6 Å². The van der Waals surface area contributed by atoms with E-state index in [1.54, 1.807) is 4.68 Å². The lowest BCUT2D eigenvalue weighted by atomic mass is 10.1. The number of para-hydroxylation sites is 1. The van der Waals surface area contributed by atoms with Crippen LogP contribution in [0.3, 0.4) is 0 Å². The van der Waals surface area contributed by atoms with Crippen LogP contribution in [0, 0.1) is 6.92 Å². The van der Waals surface area contributed by atoms with Gasteiger partial charge in [0.25, 0.3) is 0 Å². The fraction of sp³-hybridized carbons (Fsp3) is 0.389. The molecule has 0 saturated carbocycles. The molecule has 2 heterocycles. The van der Waals surface area contributed by atoms with E-state index < -0.39 is 0 Å². The number of carbonyl (C=O) groups is 1. The van der Waals surface area contributed by atoms with E-state index in [0.717, 1.165) is 27.9 Å². The Morgan fingerprint density at radius 1 is 1.29 bits per heavy atom. The van der Waals surface area contributed by atoms with Gasteiger partial charge in [-0.05, 0) is 33.8 Å². The molecule has 1 aromatic carbocycles. The lowest BCUT2D eigenvalue weighted by molar-refractivity contribution is 0.0968. The van der Waals surface area contributed by atoms with Crippen LogP contribution in [-0.4, -0.2) is 31.3 Å². The van der Waals surface area contributed by atoms with Crippen molar-refractivity contribution in [2.24, 2.45) is 0 Å². The predicted octanol–water partition coefficient (Wildman–Crippen LogP) is 2.84. The lowest BCUT2D eigenvalue weighted by Crippen LogP contribution is -2.35. The Balaban J connectivity index is 1.75. The van der Waals surface area contributed by atoms with Gasteiger partial charge in [0.15, 0.2) is 5.78 Å². The van der Waals surface area contributed by atoms with Crippen LogP contribution in [0.15, 0.2) is 30.5 Å². The van der Waals surface area contributed by atoms with Gasteiger partial charge in [0.1, 0.15) is 6.54 Å². The number of Topliss-reactive ketones (excluding diaryl/α,β-unsaturated/α-hetero) is 1. The van der Waals surface area contributed by atoms with E-state index in [0.29, 0.717) is 6.54 Å². The van der Waals surface area contributed by atoms with Crippen molar-refractivity contribution in [1.29, 1.82) is 0 Å². The number of hydrogen-bond donors (Lipinski definition) is 2. The number of aromatic nitrogens is 4. The average Bonchev–Trinajstić information content (AvgIpc) is 3.07. The van der Waals surface area contributed by atoms with E-state index in [1.807, 2.05) is 37.4 Å². The van der Waals surface area contributed by atoms with Crippen molar-refractivity contribution < 1.29 is 4.79 Å². The van der Waals surface area contributed by atoms with E-state index in [1.165, 1.54) is 0 Å². The molecule has 0 aliphatic carbocycles. The zero-order valence-corrected chi connectivity index (χ0v) is 14.6. The molecule has 2 N–H and O–H groups in total. The summed E-state index contributed by atoms with van der Waals surface area (Å²) in [4.78, 5) is 16.0. The molecule has 0 aliphatic rings. The molecule has 0 amide bonds. The Bertz CT molecular complexity index is 869. The van der Waals surface area contributed by atoms with Crippen LogP contribution in [0.1, 0.15) is 42.5 Å². The van der Waals surface area contributed by atoms with Crippen LogP contribution < -0.4 is 5.32 Å². The Hall–Kier alpha value is -2.47. The number of aromatic amines is 1. The molecular formula is C18H23N5O. The number of H-pyrrole nitrogens is 1. The first kappa shape index (κ1) is 16.4. The molecular weight excluding hydrogens is 302 g/mol. The van der Waals surface area contributed by atoms with Crippen molar-refractivity contribution in [3.8, 4) is 0 Å².